The lowest BCUT2D eigenvalue weighted by molar-refractivity contribution is 0.0580. The highest BCUT2D eigenvalue weighted by molar-refractivity contribution is 5.89. The molecule has 19 heavy (non-hydrogen) atoms. The maximum atomic E-state index is 12.3. The number of aromatic nitrogens is 1. The van der Waals surface area contributed by atoms with Gasteiger partial charge in [-0.15, -0.1) is 0 Å². The number of nitrogens with one attached hydrogen (secondary N) is 1. The monoisotopic (exact) mass is 261 g/mol. The molecule has 2 saturated heterocycles. The smallest absolute Gasteiger partial charge is 0.323 e. The summed E-state index contributed by atoms with van der Waals surface area (Å²) < 4.78 is 0. The molecule has 5 nitrogen and oxygen atoms in total. The van der Waals surface area contributed by atoms with Gasteiger partial charge in [0.15, 0.2) is 0 Å². The molecule has 0 aromatic carbocycles. The number of hydrogen-bond donors (Lipinski definition) is 2. The molecule has 102 valence electrons. The van der Waals surface area contributed by atoms with Crippen molar-refractivity contribution in [3.63, 3.8) is 0 Å². The molecule has 0 spiro atoms. The van der Waals surface area contributed by atoms with Crippen molar-refractivity contribution in [3.8, 4) is 0 Å². The second-order valence-electron chi connectivity index (χ2n) is 5.51. The molecule has 2 atom stereocenters. The molecule has 3 rings (SSSR count). The zero-order chi connectivity index (χ0) is 13.4. The van der Waals surface area contributed by atoms with Crippen LogP contribution in [0.4, 0.5) is 10.6 Å². The summed E-state index contributed by atoms with van der Waals surface area (Å²) in [5, 5.41) is 12.6. The van der Waals surface area contributed by atoms with Crippen molar-refractivity contribution in [2.24, 2.45) is 0 Å². The molecule has 2 amide bonds. The van der Waals surface area contributed by atoms with Crippen LogP contribution < -0.4 is 5.32 Å². The predicted octanol–water partition coefficient (Wildman–Crippen LogP) is 1.91. The molecule has 1 aromatic rings. The van der Waals surface area contributed by atoms with Crippen LogP contribution in [0, 0.1) is 6.92 Å². The van der Waals surface area contributed by atoms with Gasteiger partial charge in [-0.2, -0.15) is 0 Å². The van der Waals surface area contributed by atoms with Gasteiger partial charge in [-0.3, -0.25) is 5.32 Å². The first-order chi connectivity index (χ1) is 9.13. The van der Waals surface area contributed by atoms with Crippen LogP contribution >= 0.6 is 0 Å². The van der Waals surface area contributed by atoms with Gasteiger partial charge < -0.3 is 10.0 Å². The van der Waals surface area contributed by atoms with E-state index in [4.69, 9.17) is 0 Å². The number of pyridine rings is 1. The van der Waals surface area contributed by atoms with E-state index in [0.29, 0.717) is 18.7 Å². The van der Waals surface area contributed by atoms with Crippen molar-refractivity contribution >= 4 is 11.8 Å². The van der Waals surface area contributed by atoms with Crippen molar-refractivity contribution in [1.82, 2.24) is 9.88 Å². The lowest BCUT2D eigenvalue weighted by atomic mass is 10.0. The third-order valence-electron chi connectivity index (χ3n) is 4.07. The first kappa shape index (κ1) is 12.4. The predicted molar refractivity (Wildman–Crippen MR) is 71.9 cm³/mol. The molecular weight excluding hydrogens is 242 g/mol. The molecular formula is C14H19N3O2. The minimum atomic E-state index is -0.251. The third-order valence-corrected chi connectivity index (χ3v) is 4.07. The van der Waals surface area contributed by atoms with Gasteiger partial charge in [0.25, 0.3) is 0 Å². The Kier molecular flexibility index (Phi) is 3.14. The molecule has 0 radical (unpaired) electrons. The van der Waals surface area contributed by atoms with Crippen LogP contribution in [0.3, 0.4) is 0 Å². The summed E-state index contributed by atoms with van der Waals surface area (Å²) >= 11 is 0. The number of aliphatic hydroxyl groups is 1. The van der Waals surface area contributed by atoms with Gasteiger partial charge in [0.2, 0.25) is 0 Å². The number of nitrogens with zero attached hydrogens (tertiary/aromatic N) is 2. The number of amides is 2. The van der Waals surface area contributed by atoms with E-state index < -0.39 is 0 Å². The quantitative estimate of drug-likeness (QED) is 0.811. The van der Waals surface area contributed by atoms with Crippen LogP contribution in [0.15, 0.2) is 18.2 Å². The summed E-state index contributed by atoms with van der Waals surface area (Å²) in [5.41, 5.74) is 0.884. The summed E-state index contributed by atoms with van der Waals surface area (Å²) in [6.07, 6.45) is 3.14. The number of hydrogen-bond acceptors (Lipinski definition) is 3. The molecule has 2 aliphatic heterocycles. The van der Waals surface area contributed by atoms with E-state index in [1.165, 1.54) is 0 Å². The summed E-state index contributed by atoms with van der Waals surface area (Å²) in [6, 6.07) is 5.85. The van der Waals surface area contributed by atoms with Gasteiger partial charge >= 0.3 is 6.03 Å². The van der Waals surface area contributed by atoms with Crippen LogP contribution in [0.25, 0.3) is 0 Å². The second-order valence-corrected chi connectivity index (χ2v) is 5.51. The fourth-order valence-electron chi connectivity index (χ4n) is 3.27. The SMILES string of the molecule is Cc1cccc(NC(=O)N2[C@H]3CC[C@H]2CC(O)C3)n1. The summed E-state index contributed by atoms with van der Waals surface area (Å²) in [5.74, 6) is 0.593. The average molecular weight is 261 g/mol. The van der Waals surface area contributed by atoms with Gasteiger partial charge in [0.05, 0.1) is 6.10 Å². The van der Waals surface area contributed by atoms with Gasteiger partial charge in [0, 0.05) is 17.8 Å². The number of carbonyl (C=O) groups is 1. The molecule has 0 aliphatic carbocycles. The first-order valence-electron chi connectivity index (χ1n) is 6.84. The van der Waals surface area contributed by atoms with Crippen LogP contribution in [0.1, 0.15) is 31.4 Å². The standard InChI is InChI=1S/C14H19N3O2/c1-9-3-2-4-13(15-9)16-14(19)17-10-5-6-11(17)8-12(18)7-10/h2-4,10-12,18H,5-8H2,1H3,(H,15,16,19)/t10-,11-/m0/s1. The number of aryl methyl sites for hydroxylation is 1. The molecule has 2 N–H and O–H groups in total. The number of rotatable bonds is 1. The van der Waals surface area contributed by atoms with Gasteiger partial charge in [-0.25, -0.2) is 9.78 Å². The van der Waals surface area contributed by atoms with E-state index >= 15 is 0 Å². The summed E-state index contributed by atoms with van der Waals surface area (Å²) in [4.78, 5) is 18.5. The lowest BCUT2D eigenvalue weighted by Crippen LogP contribution is -2.49. The molecule has 1 aromatic heterocycles. The highest BCUT2D eigenvalue weighted by atomic mass is 16.3. The van der Waals surface area contributed by atoms with Crippen molar-refractivity contribution in [1.29, 1.82) is 0 Å². The molecule has 2 fully saturated rings. The Balaban J connectivity index is 1.71. The zero-order valence-electron chi connectivity index (χ0n) is 11.0. The van der Waals surface area contributed by atoms with Crippen molar-refractivity contribution < 1.29 is 9.90 Å². The molecule has 2 aliphatic rings. The fraction of sp³-hybridized carbons (Fsp3) is 0.571. The lowest BCUT2D eigenvalue weighted by Gasteiger charge is -2.36. The minimum absolute atomic E-state index is 0.0856. The Hall–Kier alpha value is -1.62. The van der Waals surface area contributed by atoms with Crippen molar-refractivity contribution in [3.05, 3.63) is 23.9 Å². The summed E-state index contributed by atoms with van der Waals surface area (Å²) in [6.45, 7) is 1.90. The van der Waals surface area contributed by atoms with E-state index in [-0.39, 0.29) is 24.2 Å². The zero-order valence-corrected chi connectivity index (χ0v) is 11.0. The van der Waals surface area contributed by atoms with Gasteiger partial charge in [-0.1, -0.05) is 6.07 Å². The highest BCUT2D eigenvalue weighted by Gasteiger charge is 2.42. The number of aliphatic hydroxyl groups excluding tert-OH is 1. The number of fused-ring (bicyclic) bond motifs is 2. The van der Waals surface area contributed by atoms with Crippen molar-refractivity contribution in [2.45, 2.75) is 50.8 Å². The van der Waals surface area contributed by atoms with E-state index in [9.17, 15) is 9.90 Å². The van der Waals surface area contributed by atoms with E-state index in [1.54, 1.807) is 6.07 Å². The topological polar surface area (TPSA) is 65.5 Å². The third kappa shape index (κ3) is 2.42. The maximum Gasteiger partial charge on any atom is 0.323 e. The van der Waals surface area contributed by atoms with Gasteiger partial charge in [0.1, 0.15) is 5.82 Å². The number of anilines is 1. The normalized spacial score (nSPS) is 29.4. The average Bonchev–Trinajstić information content (AvgIpc) is 2.62. The minimum Gasteiger partial charge on any atom is -0.393 e. The Bertz CT molecular complexity index is 477. The van der Waals surface area contributed by atoms with Crippen molar-refractivity contribution in [2.75, 3.05) is 5.32 Å². The second kappa shape index (κ2) is 4.81. The van der Waals surface area contributed by atoms with Crippen LogP contribution in [0.2, 0.25) is 0 Å². The van der Waals surface area contributed by atoms with Crippen LogP contribution in [-0.4, -0.2) is 39.2 Å². The molecule has 3 heterocycles. The Morgan fingerprint density at radius 1 is 1.37 bits per heavy atom. The molecule has 5 heteroatoms. The Labute approximate surface area is 112 Å². The maximum absolute atomic E-state index is 12.3. The largest absolute Gasteiger partial charge is 0.393 e. The molecule has 0 unspecified atom stereocenters. The van der Waals surface area contributed by atoms with Crippen LogP contribution in [-0.2, 0) is 0 Å². The Morgan fingerprint density at radius 3 is 2.68 bits per heavy atom. The summed E-state index contributed by atoms with van der Waals surface area (Å²) in [7, 11) is 0. The highest BCUT2D eigenvalue weighted by Crippen LogP contribution is 2.35. The van der Waals surface area contributed by atoms with E-state index in [0.717, 1.165) is 18.5 Å². The number of piperidine rings is 1. The number of urea groups is 1. The van der Waals surface area contributed by atoms with Crippen LogP contribution in [0.5, 0.6) is 0 Å². The molecule has 0 saturated carbocycles. The van der Waals surface area contributed by atoms with E-state index in [1.807, 2.05) is 24.0 Å². The first-order valence-corrected chi connectivity index (χ1v) is 6.84. The molecule has 2 bridgehead atoms. The fourth-order valence-corrected chi connectivity index (χ4v) is 3.27. The van der Waals surface area contributed by atoms with E-state index in [2.05, 4.69) is 10.3 Å². The Morgan fingerprint density at radius 2 is 2.05 bits per heavy atom. The van der Waals surface area contributed by atoms with Gasteiger partial charge in [-0.05, 0) is 44.7 Å². The number of carbonyl (C=O) groups excluding carboxylic acids is 1.